The Balaban J connectivity index is 0.696. The minimum Gasteiger partial charge on any atom is -0.310 e. The van der Waals surface area contributed by atoms with Gasteiger partial charge in [0.2, 0.25) is 0 Å². The second-order valence-electron chi connectivity index (χ2n) is 27.1. The molecule has 0 saturated carbocycles. The van der Waals surface area contributed by atoms with Crippen molar-refractivity contribution in [1.29, 1.82) is 0 Å². The highest BCUT2D eigenvalue weighted by molar-refractivity contribution is 6.01. The standard InChI is InChI=1S/C84H74N2/c1-81(2,3)63-35-39-65(40-36-63)85(79-23-15-19-59-17-11-13-21-69(59)79)67-43-47-73-71-45-31-57(51-75(71)83(7,8)77(73)53-67)27-25-55-29-33-62-50-56(30-34-61(62)49-55)26-28-58-32-46-72-74-48-44-68(54-78(74)84(9,10)76(72)52-58)86(66-41-37-64(38-42-66)82(4,5)6)80-24-16-20-60-18-12-14-22-70(60)80/h11-54H,1-10H3. The van der Waals surface area contributed by atoms with Crippen LogP contribution in [0.25, 0.3) is 78.9 Å². The molecular formula is C84H74N2. The minimum absolute atomic E-state index is 0.0679. The molecule has 0 unspecified atom stereocenters. The van der Waals surface area contributed by atoms with E-state index in [1.54, 1.807) is 0 Å². The van der Waals surface area contributed by atoms with Crippen LogP contribution in [0, 0.1) is 0 Å². The SMILES string of the molecule is CC(C)(C)c1ccc(N(c2ccc3c(c2)C(C)(C)c2cc(C=Cc4ccc5cc(C=Cc6ccc7c(c6)C(C)(C)c6cc(N(c8ccc(C(C)(C)C)cc8)c8cccc9ccccc89)ccc6-7)ccc5c4)ccc2-3)c2cccc3ccccc23)cc1. The van der Waals surface area contributed by atoms with E-state index < -0.39 is 0 Å². The zero-order valence-corrected chi connectivity index (χ0v) is 51.3. The normalized spacial score (nSPS) is 14.0. The number of nitrogens with zero attached hydrogens (tertiary/aromatic N) is 2. The highest BCUT2D eigenvalue weighted by atomic mass is 15.1. The summed E-state index contributed by atoms with van der Waals surface area (Å²) in [5.41, 5.74) is 24.8. The predicted molar refractivity (Wildman–Crippen MR) is 372 cm³/mol. The van der Waals surface area contributed by atoms with Crippen LogP contribution in [0.1, 0.15) is 125 Å². The number of fused-ring (bicyclic) bond motifs is 9. The summed E-state index contributed by atoms with van der Waals surface area (Å²) in [4.78, 5) is 4.89. The van der Waals surface area contributed by atoms with Crippen LogP contribution in [0.4, 0.5) is 34.1 Å². The second-order valence-corrected chi connectivity index (χ2v) is 27.1. The van der Waals surface area contributed by atoms with Gasteiger partial charge in [-0.2, -0.15) is 0 Å². The Morgan fingerprint density at radius 2 is 0.593 bits per heavy atom. The summed E-state index contributed by atoms with van der Waals surface area (Å²) in [6.45, 7) is 23.2. The van der Waals surface area contributed by atoms with Gasteiger partial charge in [-0.05, 0) is 183 Å². The summed E-state index contributed by atoms with van der Waals surface area (Å²) in [6.07, 6.45) is 9.07. The molecule has 420 valence electrons. The molecule has 12 aromatic rings. The van der Waals surface area contributed by atoms with E-state index in [0.717, 1.165) is 22.7 Å². The molecule has 0 aliphatic heterocycles. The van der Waals surface area contributed by atoms with Gasteiger partial charge in [-0.15, -0.1) is 0 Å². The van der Waals surface area contributed by atoms with Crippen LogP contribution in [-0.2, 0) is 21.7 Å². The number of hydrogen-bond donors (Lipinski definition) is 0. The van der Waals surface area contributed by atoms with Gasteiger partial charge in [0.05, 0.1) is 11.4 Å². The molecule has 0 saturated heterocycles. The van der Waals surface area contributed by atoms with Gasteiger partial charge in [0.15, 0.2) is 0 Å². The van der Waals surface area contributed by atoms with Crippen LogP contribution in [0.3, 0.4) is 0 Å². The van der Waals surface area contributed by atoms with Crippen LogP contribution >= 0.6 is 0 Å². The first-order valence-corrected chi connectivity index (χ1v) is 30.6. The highest BCUT2D eigenvalue weighted by Gasteiger charge is 2.38. The van der Waals surface area contributed by atoms with Crippen molar-refractivity contribution in [1.82, 2.24) is 0 Å². The molecule has 0 spiro atoms. The fourth-order valence-corrected chi connectivity index (χ4v) is 13.7. The Kier molecular flexibility index (Phi) is 13.1. The lowest BCUT2D eigenvalue weighted by atomic mass is 9.81. The van der Waals surface area contributed by atoms with E-state index in [1.807, 2.05) is 0 Å². The molecular weight excluding hydrogens is 1040 g/mol. The number of benzene rings is 12. The third-order valence-electron chi connectivity index (χ3n) is 18.7. The van der Waals surface area contributed by atoms with Crippen LogP contribution in [0.5, 0.6) is 0 Å². The third-order valence-corrected chi connectivity index (χ3v) is 18.7. The summed E-state index contributed by atoms with van der Waals surface area (Å²) >= 11 is 0. The van der Waals surface area contributed by atoms with Crippen LogP contribution < -0.4 is 9.80 Å². The first-order chi connectivity index (χ1) is 41.4. The first-order valence-electron chi connectivity index (χ1n) is 30.6. The van der Waals surface area contributed by atoms with Crippen molar-refractivity contribution in [2.24, 2.45) is 0 Å². The zero-order chi connectivity index (χ0) is 59.3. The lowest BCUT2D eigenvalue weighted by Crippen LogP contribution is -2.17. The van der Waals surface area contributed by atoms with E-state index in [9.17, 15) is 0 Å². The maximum absolute atomic E-state index is 2.45. The van der Waals surface area contributed by atoms with Crippen LogP contribution in [0.15, 0.2) is 243 Å². The minimum atomic E-state index is -0.198. The van der Waals surface area contributed by atoms with Crippen molar-refractivity contribution >= 4 is 90.7 Å². The topological polar surface area (TPSA) is 6.48 Å². The lowest BCUT2D eigenvalue weighted by Gasteiger charge is -2.30. The van der Waals surface area contributed by atoms with Crippen LogP contribution in [-0.4, -0.2) is 0 Å². The van der Waals surface area contributed by atoms with E-state index in [1.165, 1.54) is 122 Å². The van der Waals surface area contributed by atoms with Gasteiger partial charge in [0, 0.05) is 44.4 Å². The molecule has 0 N–H and O–H groups in total. The Hall–Kier alpha value is -9.50. The molecule has 2 aliphatic carbocycles. The summed E-state index contributed by atoms with van der Waals surface area (Å²) in [7, 11) is 0. The van der Waals surface area contributed by atoms with Crippen molar-refractivity contribution in [3.63, 3.8) is 0 Å². The second kappa shape index (κ2) is 20.6. The lowest BCUT2D eigenvalue weighted by molar-refractivity contribution is 0.590. The molecule has 0 atom stereocenters. The molecule has 0 bridgehead atoms. The number of rotatable bonds is 10. The fraction of sp³-hybridized carbons (Fsp3) is 0.167. The molecule has 0 radical (unpaired) electrons. The number of hydrogen-bond acceptors (Lipinski definition) is 2. The molecule has 12 aromatic carbocycles. The third kappa shape index (κ3) is 9.62. The quantitative estimate of drug-likeness (QED) is 0.126. The van der Waals surface area contributed by atoms with Gasteiger partial charge in [-0.1, -0.05) is 263 Å². The van der Waals surface area contributed by atoms with Crippen molar-refractivity contribution in [2.45, 2.75) is 90.9 Å². The summed E-state index contributed by atoms with van der Waals surface area (Å²) in [5.74, 6) is 0. The van der Waals surface area contributed by atoms with E-state index in [0.29, 0.717) is 0 Å². The monoisotopic (exact) mass is 1110 g/mol. The maximum Gasteiger partial charge on any atom is 0.0540 e. The van der Waals surface area contributed by atoms with E-state index >= 15 is 0 Å². The molecule has 0 amide bonds. The number of anilines is 6. The van der Waals surface area contributed by atoms with Gasteiger partial charge in [0.1, 0.15) is 0 Å². The fourth-order valence-electron chi connectivity index (χ4n) is 13.7. The molecule has 2 aliphatic rings. The maximum atomic E-state index is 2.45. The first kappa shape index (κ1) is 54.4. The Morgan fingerprint density at radius 1 is 0.279 bits per heavy atom. The largest absolute Gasteiger partial charge is 0.310 e. The molecule has 2 nitrogen and oxygen atoms in total. The molecule has 14 rings (SSSR count). The molecule has 2 heteroatoms. The van der Waals surface area contributed by atoms with Gasteiger partial charge in [-0.3, -0.25) is 0 Å². The highest BCUT2D eigenvalue weighted by Crippen LogP contribution is 2.54. The molecule has 86 heavy (non-hydrogen) atoms. The Bertz CT molecular complexity index is 4390. The van der Waals surface area contributed by atoms with Gasteiger partial charge in [0.25, 0.3) is 0 Å². The van der Waals surface area contributed by atoms with Crippen molar-refractivity contribution < 1.29 is 0 Å². The zero-order valence-electron chi connectivity index (χ0n) is 51.3. The van der Waals surface area contributed by atoms with Crippen molar-refractivity contribution in [3.8, 4) is 22.3 Å². The molecule has 0 heterocycles. The van der Waals surface area contributed by atoms with Gasteiger partial charge < -0.3 is 9.80 Å². The van der Waals surface area contributed by atoms with E-state index in [-0.39, 0.29) is 21.7 Å². The van der Waals surface area contributed by atoms with Gasteiger partial charge in [-0.25, -0.2) is 0 Å². The Labute approximate surface area is 509 Å². The smallest absolute Gasteiger partial charge is 0.0540 e. The summed E-state index contributed by atoms with van der Waals surface area (Å²) in [5, 5.41) is 7.38. The van der Waals surface area contributed by atoms with E-state index in [2.05, 4.69) is 346 Å². The average Bonchev–Trinajstić information content (AvgIpc) is 1.62. The van der Waals surface area contributed by atoms with Gasteiger partial charge >= 0.3 is 0 Å². The Morgan fingerprint density at radius 3 is 0.977 bits per heavy atom. The summed E-state index contributed by atoms with van der Waals surface area (Å²) in [6, 6.07) is 91.0. The van der Waals surface area contributed by atoms with Crippen molar-refractivity contribution in [3.05, 3.63) is 298 Å². The predicted octanol–water partition coefficient (Wildman–Crippen LogP) is 23.6. The van der Waals surface area contributed by atoms with Crippen molar-refractivity contribution in [2.75, 3.05) is 9.80 Å². The van der Waals surface area contributed by atoms with E-state index in [4.69, 9.17) is 0 Å². The van der Waals surface area contributed by atoms with Crippen LogP contribution in [0.2, 0.25) is 0 Å². The summed E-state index contributed by atoms with van der Waals surface area (Å²) < 4.78 is 0. The molecule has 0 aromatic heterocycles. The average molecular weight is 1110 g/mol. The molecule has 0 fully saturated rings.